The predicted octanol–water partition coefficient (Wildman–Crippen LogP) is 2.82. The van der Waals surface area contributed by atoms with Gasteiger partial charge in [0.15, 0.2) is 5.96 Å². The molecule has 1 unspecified atom stereocenters. The SMILES string of the molecule is CCNC(=NCCS(=O)C(C)(C)C)N(C)Cc1cnn(-c2ccccc2)c1. The zero-order chi connectivity index (χ0) is 19.9. The molecule has 0 saturated carbocycles. The van der Waals surface area contributed by atoms with Gasteiger partial charge in [-0.1, -0.05) is 18.2 Å². The molecule has 6 nitrogen and oxygen atoms in total. The zero-order valence-electron chi connectivity index (χ0n) is 17.0. The number of nitrogens with one attached hydrogen (secondary N) is 1. The van der Waals surface area contributed by atoms with E-state index in [1.807, 2.05) is 82.1 Å². The van der Waals surface area contributed by atoms with Crippen LogP contribution in [0.25, 0.3) is 5.69 Å². The zero-order valence-corrected chi connectivity index (χ0v) is 17.8. The van der Waals surface area contributed by atoms with Gasteiger partial charge in [0.1, 0.15) is 0 Å². The number of rotatable bonds is 7. The second-order valence-corrected chi connectivity index (χ2v) is 9.71. The summed E-state index contributed by atoms with van der Waals surface area (Å²) in [4.78, 5) is 6.70. The quantitative estimate of drug-likeness (QED) is 0.584. The van der Waals surface area contributed by atoms with Crippen molar-refractivity contribution in [3.05, 3.63) is 48.3 Å². The fourth-order valence-electron chi connectivity index (χ4n) is 2.52. The largest absolute Gasteiger partial charge is 0.357 e. The van der Waals surface area contributed by atoms with E-state index in [0.717, 1.165) is 23.8 Å². The summed E-state index contributed by atoms with van der Waals surface area (Å²) in [6.45, 7) is 10.1. The normalized spacial score (nSPS) is 13.4. The van der Waals surface area contributed by atoms with Gasteiger partial charge in [-0.25, -0.2) is 4.68 Å². The van der Waals surface area contributed by atoms with Crippen molar-refractivity contribution in [3.8, 4) is 5.69 Å². The molecule has 7 heteroatoms. The fourth-order valence-corrected chi connectivity index (χ4v) is 3.39. The van der Waals surface area contributed by atoms with Crippen LogP contribution in [0.2, 0.25) is 0 Å². The molecular weight excluding hydrogens is 358 g/mol. The first-order chi connectivity index (χ1) is 12.8. The van der Waals surface area contributed by atoms with Gasteiger partial charge in [0.25, 0.3) is 0 Å². The summed E-state index contributed by atoms with van der Waals surface area (Å²) in [6, 6.07) is 10.1. The van der Waals surface area contributed by atoms with Crippen LogP contribution in [-0.4, -0.2) is 55.5 Å². The standard InChI is InChI=1S/C20H31N5OS/c1-6-21-19(22-12-13-27(26)20(2,3)4)24(5)15-17-14-23-25(16-17)18-10-8-7-9-11-18/h7-11,14,16H,6,12-13,15H2,1-5H3,(H,21,22). The van der Waals surface area contributed by atoms with Crippen LogP contribution in [0.4, 0.5) is 0 Å². The van der Waals surface area contributed by atoms with Gasteiger partial charge in [-0.2, -0.15) is 5.10 Å². The van der Waals surface area contributed by atoms with Crippen molar-refractivity contribution in [2.24, 2.45) is 4.99 Å². The van der Waals surface area contributed by atoms with Crippen molar-refractivity contribution in [3.63, 3.8) is 0 Å². The fraction of sp³-hybridized carbons (Fsp3) is 0.500. The van der Waals surface area contributed by atoms with Crippen molar-refractivity contribution in [2.45, 2.75) is 39.0 Å². The lowest BCUT2D eigenvalue weighted by atomic mass is 10.3. The molecule has 1 heterocycles. The highest BCUT2D eigenvalue weighted by atomic mass is 32.2. The number of hydrogen-bond acceptors (Lipinski definition) is 3. The van der Waals surface area contributed by atoms with Crippen molar-refractivity contribution < 1.29 is 4.21 Å². The number of hydrogen-bond donors (Lipinski definition) is 1. The molecule has 1 aromatic carbocycles. The first-order valence-electron chi connectivity index (χ1n) is 9.28. The van der Waals surface area contributed by atoms with Crippen LogP contribution in [0.3, 0.4) is 0 Å². The lowest BCUT2D eigenvalue weighted by Crippen LogP contribution is -2.38. The smallest absolute Gasteiger partial charge is 0.193 e. The average molecular weight is 390 g/mol. The van der Waals surface area contributed by atoms with Crippen molar-refractivity contribution >= 4 is 16.8 Å². The second kappa shape index (κ2) is 9.69. The predicted molar refractivity (Wildman–Crippen MR) is 114 cm³/mol. The third-order valence-electron chi connectivity index (χ3n) is 3.99. The molecule has 0 radical (unpaired) electrons. The maximum absolute atomic E-state index is 12.2. The molecule has 0 spiro atoms. The molecule has 1 aromatic heterocycles. The Kier molecular flexibility index (Phi) is 7.59. The van der Waals surface area contributed by atoms with Gasteiger partial charge < -0.3 is 10.2 Å². The summed E-state index contributed by atoms with van der Waals surface area (Å²) in [5.41, 5.74) is 2.14. The monoisotopic (exact) mass is 389 g/mol. The van der Waals surface area contributed by atoms with E-state index in [2.05, 4.69) is 20.3 Å². The molecule has 0 saturated heterocycles. The van der Waals surface area contributed by atoms with Crippen LogP contribution < -0.4 is 5.32 Å². The Morgan fingerprint density at radius 2 is 2.00 bits per heavy atom. The molecule has 27 heavy (non-hydrogen) atoms. The number of guanidine groups is 1. The molecule has 1 N–H and O–H groups in total. The van der Waals surface area contributed by atoms with Crippen LogP contribution in [0.5, 0.6) is 0 Å². The molecule has 0 aliphatic carbocycles. The van der Waals surface area contributed by atoms with Crippen molar-refractivity contribution in [1.29, 1.82) is 0 Å². The maximum Gasteiger partial charge on any atom is 0.193 e. The van der Waals surface area contributed by atoms with Crippen LogP contribution in [0.1, 0.15) is 33.3 Å². The Morgan fingerprint density at radius 1 is 1.30 bits per heavy atom. The highest BCUT2D eigenvalue weighted by Crippen LogP contribution is 2.11. The van der Waals surface area contributed by atoms with E-state index >= 15 is 0 Å². The Hall–Kier alpha value is -2.15. The van der Waals surface area contributed by atoms with Gasteiger partial charge in [0.2, 0.25) is 0 Å². The first kappa shape index (κ1) is 21.2. The summed E-state index contributed by atoms with van der Waals surface area (Å²) in [6.07, 6.45) is 3.91. The van der Waals surface area contributed by atoms with Crippen molar-refractivity contribution in [1.82, 2.24) is 20.0 Å². The number of aliphatic imine (C=N–C) groups is 1. The van der Waals surface area contributed by atoms with Gasteiger partial charge in [-0.3, -0.25) is 9.20 Å². The van der Waals surface area contributed by atoms with Crippen LogP contribution in [0, 0.1) is 0 Å². The van der Waals surface area contributed by atoms with E-state index in [0.29, 0.717) is 18.8 Å². The molecular formula is C20H31N5OS. The van der Waals surface area contributed by atoms with E-state index in [9.17, 15) is 4.21 Å². The molecule has 0 bridgehead atoms. The third-order valence-corrected chi connectivity index (χ3v) is 5.91. The summed E-state index contributed by atoms with van der Waals surface area (Å²) in [5.74, 6) is 1.38. The van der Waals surface area contributed by atoms with Crippen LogP contribution >= 0.6 is 0 Å². The van der Waals surface area contributed by atoms with E-state index in [1.54, 1.807) is 0 Å². The van der Waals surface area contributed by atoms with E-state index < -0.39 is 10.8 Å². The van der Waals surface area contributed by atoms with E-state index in [1.165, 1.54) is 0 Å². The number of benzene rings is 1. The molecule has 0 aliphatic heterocycles. The minimum Gasteiger partial charge on any atom is -0.357 e. The second-order valence-electron chi connectivity index (χ2n) is 7.38. The van der Waals surface area contributed by atoms with Gasteiger partial charge >= 0.3 is 0 Å². The lowest BCUT2D eigenvalue weighted by Gasteiger charge is -2.22. The maximum atomic E-state index is 12.2. The molecule has 2 aromatic rings. The third kappa shape index (κ3) is 6.50. The molecule has 0 amide bonds. The highest BCUT2D eigenvalue weighted by Gasteiger charge is 2.18. The molecule has 0 aliphatic rings. The minimum atomic E-state index is -0.893. The Bertz CT molecular complexity index is 764. The summed E-state index contributed by atoms with van der Waals surface area (Å²) >= 11 is 0. The lowest BCUT2D eigenvalue weighted by molar-refractivity contribution is 0.477. The minimum absolute atomic E-state index is 0.203. The Balaban J connectivity index is 2.00. The van der Waals surface area contributed by atoms with E-state index in [4.69, 9.17) is 0 Å². The highest BCUT2D eigenvalue weighted by molar-refractivity contribution is 7.86. The van der Waals surface area contributed by atoms with Gasteiger partial charge in [0, 0.05) is 53.2 Å². The summed E-state index contributed by atoms with van der Waals surface area (Å²) < 4.78 is 13.9. The molecule has 2 rings (SSSR count). The molecule has 1 atom stereocenters. The van der Waals surface area contributed by atoms with Crippen LogP contribution in [0.15, 0.2) is 47.7 Å². The van der Waals surface area contributed by atoms with Gasteiger partial charge in [0.05, 0.1) is 18.4 Å². The first-order valence-corrected chi connectivity index (χ1v) is 10.6. The van der Waals surface area contributed by atoms with Gasteiger partial charge in [-0.15, -0.1) is 0 Å². The van der Waals surface area contributed by atoms with E-state index in [-0.39, 0.29) is 4.75 Å². The molecule has 0 fully saturated rings. The number of para-hydroxylation sites is 1. The summed E-state index contributed by atoms with van der Waals surface area (Å²) in [7, 11) is 1.11. The van der Waals surface area contributed by atoms with Crippen LogP contribution in [-0.2, 0) is 17.3 Å². The Labute approximate surface area is 165 Å². The number of aromatic nitrogens is 2. The topological polar surface area (TPSA) is 62.5 Å². The van der Waals surface area contributed by atoms with Gasteiger partial charge in [-0.05, 0) is 39.8 Å². The summed E-state index contributed by atoms with van der Waals surface area (Å²) in [5, 5.41) is 7.75. The average Bonchev–Trinajstić information content (AvgIpc) is 3.09. The molecule has 148 valence electrons. The van der Waals surface area contributed by atoms with Crippen molar-refractivity contribution in [2.75, 3.05) is 25.9 Å². The Morgan fingerprint density at radius 3 is 2.63 bits per heavy atom. The number of nitrogens with zero attached hydrogens (tertiary/aromatic N) is 4.